The molecular weight excluding hydrogens is 634 g/mol. The topological polar surface area (TPSA) is 177 Å². The number of hydrogen-bond acceptors (Lipinski definition) is 7. The van der Waals surface area contributed by atoms with E-state index in [9.17, 15) is 34.2 Å². The molecule has 250 valence electrons. The highest BCUT2D eigenvalue weighted by Gasteiger charge is 2.36. The monoisotopic (exact) mass is 675 g/mol. The minimum atomic E-state index is -1.18. The highest BCUT2D eigenvalue weighted by Crippen LogP contribution is 2.32. The van der Waals surface area contributed by atoms with Crippen LogP contribution in [0.1, 0.15) is 51.5 Å². The molecule has 4 unspecified atom stereocenters. The number of aliphatic carboxylic acids is 2. The minimum Gasteiger partial charge on any atom is -0.480 e. The Kier molecular flexibility index (Phi) is 13.3. The van der Waals surface area contributed by atoms with Gasteiger partial charge in [-0.25, -0.2) is 14.4 Å². The van der Waals surface area contributed by atoms with E-state index in [2.05, 4.69) is 21.3 Å². The largest absolute Gasteiger partial charge is 0.480 e. The third-order valence-corrected chi connectivity index (χ3v) is 8.71. The Morgan fingerprint density at radius 1 is 0.913 bits per heavy atom. The van der Waals surface area contributed by atoms with Crippen LogP contribution in [-0.4, -0.2) is 88.1 Å². The normalized spacial score (nSPS) is 17.8. The van der Waals surface area contributed by atoms with Crippen LogP contribution < -0.4 is 21.3 Å². The Morgan fingerprint density at radius 3 is 2.02 bits per heavy atom. The number of nitrogens with one attached hydrogen (secondary N) is 4. The summed E-state index contributed by atoms with van der Waals surface area (Å²) in [5.74, 6) is -2.72. The maximum Gasteiger partial charge on any atom is 0.327 e. The molecule has 0 spiro atoms. The maximum atomic E-state index is 13.1. The number of carboxylic acids is 2. The number of thioether (sulfide) groups is 1. The van der Waals surface area contributed by atoms with Crippen molar-refractivity contribution < 1.29 is 34.2 Å². The number of likely N-dealkylation sites (N-methyl/N-ethyl adjacent to an activating group) is 1. The van der Waals surface area contributed by atoms with Gasteiger partial charge in [-0.2, -0.15) is 11.8 Å². The number of carbonyl (C=O) groups excluding carboxylic acids is 3. The van der Waals surface area contributed by atoms with Gasteiger partial charge in [0.25, 0.3) is 0 Å². The lowest BCUT2D eigenvalue weighted by Crippen LogP contribution is -2.48. The van der Waals surface area contributed by atoms with Crippen LogP contribution in [-0.2, 0) is 19.2 Å². The summed E-state index contributed by atoms with van der Waals surface area (Å²) in [5.41, 5.74) is 1.89. The van der Waals surface area contributed by atoms with Gasteiger partial charge < -0.3 is 31.5 Å². The van der Waals surface area contributed by atoms with Crippen molar-refractivity contribution >= 4 is 64.5 Å². The fourth-order valence-electron chi connectivity index (χ4n) is 5.04. The molecule has 1 fully saturated rings. The second kappa shape index (κ2) is 16.7. The van der Waals surface area contributed by atoms with Gasteiger partial charge in [0.1, 0.15) is 12.1 Å². The number of carbonyl (C=O) groups is 5. The number of carboxylic acid groups (broad SMARTS) is 2. The summed E-state index contributed by atoms with van der Waals surface area (Å²) in [6, 6.07) is 10.9. The highest BCUT2D eigenvalue weighted by molar-refractivity contribution is 7.99. The Bertz CT molecular complexity index is 1380. The van der Waals surface area contributed by atoms with Crippen molar-refractivity contribution in [3.8, 4) is 0 Å². The molecule has 12 nitrogen and oxygen atoms in total. The molecule has 2 aromatic rings. The van der Waals surface area contributed by atoms with E-state index in [0.717, 1.165) is 5.56 Å². The molecule has 1 aliphatic rings. The number of amides is 4. The Balaban J connectivity index is 1.47. The first-order chi connectivity index (χ1) is 21.6. The lowest BCUT2D eigenvalue weighted by atomic mass is 9.92. The Hall–Kier alpha value is -3.81. The second-order valence-electron chi connectivity index (χ2n) is 12.6. The van der Waals surface area contributed by atoms with Crippen LogP contribution in [0.2, 0.25) is 5.02 Å². The first-order valence-corrected chi connectivity index (χ1v) is 16.4. The number of anilines is 2. The standard InChI is InChI=1S/C32H42ClN5O7S/c1-32(2,3)16-27(39)36-25(30(43)44)18-46-14-13-24(29(41)42)37-28(40)26-15-20(17-38(26)4)19-5-9-22(10-6-19)34-31(45)35-23-11-7-21(33)8-12-23/h5-12,20,24-26H,13-18H2,1-4H3,(H,36,39)(H,37,40)(H,41,42)(H,43,44)(H2,34,35,45). The molecule has 0 aromatic heterocycles. The van der Waals surface area contributed by atoms with Gasteiger partial charge in [0.2, 0.25) is 11.8 Å². The summed E-state index contributed by atoms with van der Waals surface area (Å²) in [5, 5.41) is 30.5. The van der Waals surface area contributed by atoms with Crippen molar-refractivity contribution in [2.45, 2.75) is 64.1 Å². The first kappa shape index (κ1) is 36.7. The minimum absolute atomic E-state index is 0.0259. The molecule has 6 N–H and O–H groups in total. The van der Waals surface area contributed by atoms with Gasteiger partial charge in [0, 0.05) is 35.1 Å². The number of halogens is 1. The number of rotatable bonds is 14. The van der Waals surface area contributed by atoms with Crippen LogP contribution in [0.3, 0.4) is 0 Å². The van der Waals surface area contributed by atoms with Crippen molar-refractivity contribution in [3.05, 3.63) is 59.1 Å². The fraction of sp³-hybridized carbons (Fsp3) is 0.469. The predicted octanol–water partition coefficient (Wildman–Crippen LogP) is 4.47. The molecule has 0 saturated carbocycles. The highest BCUT2D eigenvalue weighted by atomic mass is 35.5. The van der Waals surface area contributed by atoms with Gasteiger partial charge in [0.15, 0.2) is 0 Å². The molecule has 1 heterocycles. The molecule has 1 aliphatic heterocycles. The molecule has 0 radical (unpaired) electrons. The van der Waals surface area contributed by atoms with Gasteiger partial charge in [0.05, 0.1) is 6.04 Å². The SMILES string of the molecule is CN1CC(c2ccc(NC(=O)Nc3ccc(Cl)cc3)cc2)CC1C(=O)NC(CCSCC(NC(=O)CC(C)(C)C)C(=O)O)C(=O)O. The van der Waals surface area contributed by atoms with Crippen LogP contribution in [0, 0.1) is 5.41 Å². The van der Waals surface area contributed by atoms with Gasteiger partial charge in [-0.05, 0) is 78.9 Å². The molecule has 3 rings (SSSR count). The number of benzene rings is 2. The van der Waals surface area contributed by atoms with E-state index in [4.69, 9.17) is 11.6 Å². The van der Waals surface area contributed by atoms with E-state index >= 15 is 0 Å². The van der Waals surface area contributed by atoms with Gasteiger partial charge in [-0.15, -0.1) is 0 Å². The number of nitrogens with zero attached hydrogens (tertiary/aromatic N) is 1. The molecule has 4 amide bonds. The molecule has 46 heavy (non-hydrogen) atoms. The Morgan fingerprint density at radius 2 is 1.48 bits per heavy atom. The molecule has 1 saturated heterocycles. The van der Waals surface area contributed by atoms with Crippen molar-refractivity contribution in [1.82, 2.24) is 15.5 Å². The van der Waals surface area contributed by atoms with Crippen LogP contribution in [0.4, 0.5) is 16.2 Å². The molecule has 0 bridgehead atoms. The van der Waals surface area contributed by atoms with Crippen molar-refractivity contribution in [3.63, 3.8) is 0 Å². The van der Waals surface area contributed by atoms with Crippen LogP contribution in [0.5, 0.6) is 0 Å². The summed E-state index contributed by atoms with van der Waals surface area (Å²) in [6.07, 6.45) is 0.758. The smallest absolute Gasteiger partial charge is 0.327 e. The zero-order valence-electron chi connectivity index (χ0n) is 26.3. The number of hydrogen-bond donors (Lipinski definition) is 6. The van der Waals surface area contributed by atoms with E-state index in [-0.39, 0.29) is 41.6 Å². The van der Waals surface area contributed by atoms with Gasteiger partial charge in [-0.3, -0.25) is 14.5 Å². The lowest BCUT2D eigenvalue weighted by Gasteiger charge is -2.22. The number of likely N-dealkylation sites (tertiary alicyclic amines) is 1. The van der Waals surface area contributed by atoms with E-state index in [0.29, 0.717) is 29.4 Å². The number of urea groups is 1. The summed E-state index contributed by atoms with van der Waals surface area (Å²) in [4.78, 5) is 63.1. The summed E-state index contributed by atoms with van der Waals surface area (Å²) in [7, 11) is 1.81. The van der Waals surface area contributed by atoms with Gasteiger partial charge >= 0.3 is 18.0 Å². The molecule has 2 aromatic carbocycles. The zero-order chi connectivity index (χ0) is 34.0. The lowest BCUT2D eigenvalue weighted by molar-refractivity contribution is -0.142. The zero-order valence-corrected chi connectivity index (χ0v) is 27.9. The van der Waals surface area contributed by atoms with Crippen molar-refractivity contribution in [2.24, 2.45) is 5.41 Å². The summed E-state index contributed by atoms with van der Waals surface area (Å²) < 4.78 is 0. The fourth-order valence-corrected chi connectivity index (χ4v) is 6.20. The van der Waals surface area contributed by atoms with E-state index in [1.807, 2.05) is 44.9 Å². The Labute approximate surface area is 278 Å². The van der Waals surface area contributed by atoms with Crippen LogP contribution >= 0.6 is 23.4 Å². The van der Waals surface area contributed by atoms with Gasteiger partial charge in [-0.1, -0.05) is 44.5 Å². The molecule has 14 heteroatoms. The third kappa shape index (κ3) is 11.8. The maximum absolute atomic E-state index is 13.1. The van der Waals surface area contributed by atoms with E-state index in [1.165, 1.54) is 11.8 Å². The summed E-state index contributed by atoms with van der Waals surface area (Å²) >= 11 is 7.08. The average Bonchev–Trinajstić information content (AvgIpc) is 3.35. The third-order valence-electron chi connectivity index (χ3n) is 7.37. The quantitative estimate of drug-likeness (QED) is 0.158. The molecular formula is C32H42ClN5O7S. The van der Waals surface area contributed by atoms with Crippen LogP contribution in [0.25, 0.3) is 0 Å². The molecule has 0 aliphatic carbocycles. The van der Waals surface area contributed by atoms with E-state index < -0.39 is 42.0 Å². The average molecular weight is 676 g/mol. The predicted molar refractivity (Wildman–Crippen MR) is 179 cm³/mol. The van der Waals surface area contributed by atoms with E-state index in [1.54, 1.807) is 36.4 Å². The summed E-state index contributed by atoms with van der Waals surface area (Å²) in [6.45, 7) is 6.23. The molecule has 4 atom stereocenters. The van der Waals surface area contributed by atoms with Crippen molar-refractivity contribution in [1.29, 1.82) is 0 Å². The first-order valence-electron chi connectivity index (χ1n) is 14.9. The van der Waals surface area contributed by atoms with Crippen LogP contribution in [0.15, 0.2) is 48.5 Å². The second-order valence-corrected chi connectivity index (χ2v) is 14.1. The van der Waals surface area contributed by atoms with Crippen molar-refractivity contribution in [2.75, 3.05) is 35.7 Å².